The fourth-order valence-electron chi connectivity index (χ4n) is 3.68. The molecule has 3 aromatic rings. The van der Waals surface area contributed by atoms with Crippen molar-refractivity contribution in [3.05, 3.63) is 54.9 Å². The SMILES string of the molecule is C=CC(=O)N1CCC[C@@H](n2c(NC(=O)c3ccno3)nc3ccccc32)CC1. The standard InChI is InChI=1S/C20H21N5O3/c1-2-18(26)24-12-5-6-14(10-13-24)25-16-8-4-3-7-15(16)22-20(25)23-19(27)17-9-11-21-28-17/h2-4,7-9,11,14H,1,5-6,10,12-13H2,(H,22,23,27)/t14-/m1/s1. The summed E-state index contributed by atoms with van der Waals surface area (Å²) in [6, 6.07) is 9.39. The van der Waals surface area contributed by atoms with Gasteiger partial charge in [0.25, 0.3) is 5.91 Å². The van der Waals surface area contributed by atoms with Crippen LogP contribution in [0.2, 0.25) is 0 Å². The molecule has 0 saturated carbocycles. The lowest BCUT2D eigenvalue weighted by Gasteiger charge is -2.21. The average molecular weight is 379 g/mol. The Morgan fingerprint density at radius 1 is 1.21 bits per heavy atom. The van der Waals surface area contributed by atoms with E-state index in [-0.39, 0.29) is 17.7 Å². The highest BCUT2D eigenvalue weighted by Crippen LogP contribution is 2.31. The summed E-state index contributed by atoms with van der Waals surface area (Å²) in [6.07, 6.45) is 5.30. The second-order valence-corrected chi connectivity index (χ2v) is 6.74. The fraction of sp³-hybridized carbons (Fsp3) is 0.300. The molecule has 0 radical (unpaired) electrons. The molecule has 144 valence electrons. The summed E-state index contributed by atoms with van der Waals surface area (Å²) in [5.74, 6) is 0.152. The van der Waals surface area contributed by atoms with Crippen molar-refractivity contribution in [3.63, 3.8) is 0 Å². The van der Waals surface area contributed by atoms with Crippen LogP contribution in [-0.2, 0) is 4.79 Å². The minimum Gasteiger partial charge on any atom is -0.351 e. The Bertz CT molecular complexity index is 1010. The van der Waals surface area contributed by atoms with Gasteiger partial charge in [0.05, 0.1) is 17.2 Å². The number of imidazole rings is 1. The molecule has 4 rings (SSSR count). The van der Waals surface area contributed by atoms with Crippen LogP contribution in [0.25, 0.3) is 11.0 Å². The normalized spacial score (nSPS) is 17.3. The molecule has 28 heavy (non-hydrogen) atoms. The van der Waals surface area contributed by atoms with E-state index in [1.165, 1.54) is 18.3 Å². The summed E-state index contributed by atoms with van der Waals surface area (Å²) < 4.78 is 7.01. The smallest absolute Gasteiger partial charge is 0.296 e. The zero-order chi connectivity index (χ0) is 19.5. The van der Waals surface area contributed by atoms with E-state index in [4.69, 9.17) is 4.52 Å². The largest absolute Gasteiger partial charge is 0.351 e. The highest BCUT2D eigenvalue weighted by Gasteiger charge is 2.25. The molecule has 0 aliphatic carbocycles. The van der Waals surface area contributed by atoms with Crippen molar-refractivity contribution in [3.8, 4) is 0 Å². The number of nitrogens with zero attached hydrogens (tertiary/aromatic N) is 4. The molecule has 1 fully saturated rings. The van der Waals surface area contributed by atoms with Crippen LogP contribution in [0.4, 0.5) is 5.95 Å². The van der Waals surface area contributed by atoms with Crippen molar-refractivity contribution in [2.75, 3.05) is 18.4 Å². The second-order valence-electron chi connectivity index (χ2n) is 6.74. The van der Waals surface area contributed by atoms with Gasteiger partial charge in [0.2, 0.25) is 17.6 Å². The van der Waals surface area contributed by atoms with Crippen molar-refractivity contribution in [2.45, 2.75) is 25.3 Å². The Morgan fingerprint density at radius 3 is 2.86 bits per heavy atom. The highest BCUT2D eigenvalue weighted by atomic mass is 16.5. The number of hydrogen-bond acceptors (Lipinski definition) is 5. The van der Waals surface area contributed by atoms with E-state index in [1.54, 1.807) is 0 Å². The van der Waals surface area contributed by atoms with Crippen LogP contribution >= 0.6 is 0 Å². The van der Waals surface area contributed by atoms with Crippen LogP contribution in [0.1, 0.15) is 35.9 Å². The number of likely N-dealkylation sites (tertiary alicyclic amines) is 1. The third-order valence-corrected chi connectivity index (χ3v) is 5.03. The van der Waals surface area contributed by atoms with Gasteiger partial charge in [-0.25, -0.2) is 4.98 Å². The number of rotatable bonds is 4. The van der Waals surface area contributed by atoms with Gasteiger partial charge in [-0.15, -0.1) is 0 Å². The molecule has 1 saturated heterocycles. The lowest BCUT2D eigenvalue weighted by Crippen LogP contribution is -2.30. The first-order valence-corrected chi connectivity index (χ1v) is 9.27. The Hall–Kier alpha value is -3.42. The van der Waals surface area contributed by atoms with Crippen LogP contribution in [-0.4, -0.2) is 44.5 Å². The van der Waals surface area contributed by atoms with Gasteiger partial charge in [-0.3, -0.25) is 14.9 Å². The predicted octanol–water partition coefficient (Wildman–Crippen LogP) is 3.02. The number of carbonyl (C=O) groups excluding carboxylic acids is 2. The van der Waals surface area contributed by atoms with Gasteiger partial charge < -0.3 is 14.0 Å². The summed E-state index contributed by atoms with van der Waals surface area (Å²) >= 11 is 0. The lowest BCUT2D eigenvalue weighted by molar-refractivity contribution is -0.125. The maximum atomic E-state index is 12.5. The van der Waals surface area contributed by atoms with E-state index in [9.17, 15) is 9.59 Å². The lowest BCUT2D eigenvalue weighted by atomic mass is 10.1. The van der Waals surface area contributed by atoms with Crippen molar-refractivity contribution >= 4 is 28.8 Å². The number of fused-ring (bicyclic) bond motifs is 1. The summed E-state index contributed by atoms with van der Waals surface area (Å²) in [6.45, 7) is 4.92. The van der Waals surface area contributed by atoms with Crippen LogP contribution in [0, 0.1) is 0 Å². The quantitative estimate of drug-likeness (QED) is 0.704. The number of amides is 2. The molecule has 1 aromatic carbocycles. The average Bonchev–Trinajstić information content (AvgIpc) is 3.30. The third-order valence-electron chi connectivity index (χ3n) is 5.03. The molecule has 2 amide bonds. The van der Waals surface area contributed by atoms with Crippen LogP contribution in [0.3, 0.4) is 0 Å². The minimum atomic E-state index is -0.397. The summed E-state index contributed by atoms with van der Waals surface area (Å²) in [7, 11) is 0. The van der Waals surface area contributed by atoms with Crippen molar-refractivity contribution in [1.82, 2.24) is 19.6 Å². The van der Waals surface area contributed by atoms with Gasteiger partial charge in [-0.05, 0) is 37.5 Å². The number of hydrogen-bond donors (Lipinski definition) is 1. The third kappa shape index (κ3) is 3.40. The number of carbonyl (C=O) groups is 2. The zero-order valence-corrected chi connectivity index (χ0v) is 15.4. The molecule has 1 aliphatic heterocycles. The van der Waals surface area contributed by atoms with E-state index >= 15 is 0 Å². The number of anilines is 1. The van der Waals surface area contributed by atoms with Crippen LogP contribution in [0.15, 0.2) is 53.7 Å². The zero-order valence-electron chi connectivity index (χ0n) is 15.4. The first kappa shape index (κ1) is 18.0. The maximum absolute atomic E-state index is 12.5. The Labute approximate surface area is 161 Å². The highest BCUT2D eigenvalue weighted by molar-refractivity contribution is 6.02. The van der Waals surface area contributed by atoms with Crippen molar-refractivity contribution in [2.24, 2.45) is 0 Å². The van der Waals surface area contributed by atoms with Gasteiger partial charge in [0, 0.05) is 25.2 Å². The van der Waals surface area contributed by atoms with Gasteiger partial charge in [-0.2, -0.15) is 0 Å². The molecule has 1 atom stereocenters. The van der Waals surface area contributed by atoms with E-state index in [2.05, 4.69) is 26.6 Å². The molecule has 1 aliphatic rings. The summed E-state index contributed by atoms with van der Waals surface area (Å²) in [5, 5.41) is 6.42. The summed E-state index contributed by atoms with van der Waals surface area (Å²) in [4.78, 5) is 30.9. The Kier molecular flexibility index (Phi) is 4.92. The van der Waals surface area contributed by atoms with E-state index in [0.29, 0.717) is 19.0 Å². The topological polar surface area (TPSA) is 93.3 Å². The first-order valence-electron chi connectivity index (χ1n) is 9.27. The first-order chi connectivity index (χ1) is 13.7. The van der Waals surface area contributed by atoms with E-state index in [1.807, 2.05) is 29.2 Å². The van der Waals surface area contributed by atoms with Crippen molar-refractivity contribution < 1.29 is 14.1 Å². The molecular weight excluding hydrogens is 358 g/mol. The molecular formula is C20H21N5O3. The molecule has 0 bridgehead atoms. The number of benzene rings is 1. The monoisotopic (exact) mass is 379 g/mol. The molecule has 0 spiro atoms. The minimum absolute atomic E-state index is 0.0463. The van der Waals surface area contributed by atoms with E-state index in [0.717, 1.165) is 30.3 Å². The maximum Gasteiger partial charge on any atom is 0.296 e. The van der Waals surface area contributed by atoms with Gasteiger partial charge in [0.1, 0.15) is 0 Å². The Morgan fingerprint density at radius 2 is 2.07 bits per heavy atom. The van der Waals surface area contributed by atoms with Gasteiger partial charge >= 0.3 is 0 Å². The van der Waals surface area contributed by atoms with E-state index < -0.39 is 5.91 Å². The van der Waals surface area contributed by atoms with Gasteiger partial charge in [-0.1, -0.05) is 23.9 Å². The number of para-hydroxylation sites is 2. The Balaban J connectivity index is 1.66. The molecule has 8 heteroatoms. The number of nitrogens with one attached hydrogen (secondary N) is 1. The van der Waals surface area contributed by atoms with Crippen molar-refractivity contribution in [1.29, 1.82) is 0 Å². The number of aromatic nitrogens is 3. The fourth-order valence-corrected chi connectivity index (χ4v) is 3.68. The van der Waals surface area contributed by atoms with Crippen LogP contribution < -0.4 is 5.32 Å². The molecule has 8 nitrogen and oxygen atoms in total. The predicted molar refractivity (Wildman–Crippen MR) is 104 cm³/mol. The molecule has 0 unspecified atom stereocenters. The molecule has 2 aromatic heterocycles. The molecule has 3 heterocycles. The molecule has 1 N–H and O–H groups in total. The van der Waals surface area contributed by atoms with Crippen LogP contribution in [0.5, 0.6) is 0 Å². The summed E-state index contributed by atoms with van der Waals surface area (Å²) in [5.41, 5.74) is 1.75. The second kappa shape index (κ2) is 7.67. The van der Waals surface area contributed by atoms with Gasteiger partial charge in [0.15, 0.2) is 0 Å².